The van der Waals surface area contributed by atoms with Gasteiger partial charge in [0.1, 0.15) is 0 Å². The van der Waals surface area contributed by atoms with Gasteiger partial charge in [-0.3, -0.25) is 4.79 Å². The second kappa shape index (κ2) is 8.34. The fourth-order valence-electron chi connectivity index (χ4n) is 2.18. The fourth-order valence-corrected chi connectivity index (χ4v) is 2.30. The highest BCUT2D eigenvalue weighted by atomic mass is 35.5. The Bertz CT molecular complexity index is 684. The quantitative estimate of drug-likeness (QED) is 0.645. The third kappa shape index (κ3) is 5.42. The molecule has 0 saturated carbocycles. The lowest BCUT2D eigenvalue weighted by Crippen LogP contribution is -2.30. The molecule has 0 aliphatic heterocycles. The van der Waals surface area contributed by atoms with Gasteiger partial charge in [0.2, 0.25) is 0 Å². The van der Waals surface area contributed by atoms with Gasteiger partial charge in [-0.1, -0.05) is 53.2 Å². The minimum absolute atomic E-state index is 0.0763. The molecule has 2 aromatic carbocycles. The first-order valence-corrected chi connectivity index (χ1v) is 7.70. The molecule has 0 fully saturated rings. The van der Waals surface area contributed by atoms with Crippen molar-refractivity contribution in [1.82, 2.24) is 5.32 Å². The van der Waals surface area contributed by atoms with Crippen LogP contribution in [-0.4, -0.2) is 18.7 Å². The number of oxime groups is 1. The first-order chi connectivity index (χ1) is 11.1. The van der Waals surface area contributed by atoms with E-state index in [-0.39, 0.29) is 18.6 Å². The number of carbonyl (C=O) groups is 1. The summed E-state index contributed by atoms with van der Waals surface area (Å²) in [7, 11) is 0. The number of hydrogen-bond acceptors (Lipinski definition) is 3. The van der Waals surface area contributed by atoms with Crippen LogP contribution < -0.4 is 5.32 Å². The minimum atomic E-state index is -0.214. The molecule has 4 nitrogen and oxygen atoms in total. The number of hydrogen-bond donors (Lipinski definition) is 1. The summed E-state index contributed by atoms with van der Waals surface area (Å²) in [5, 5.41) is 7.33. The van der Waals surface area contributed by atoms with E-state index in [4.69, 9.17) is 16.4 Å². The lowest BCUT2D eigenvalue weighted by Gasteiger charge is -2.16. The van der Waals surface area contributed by atoms with Crippen LogP contribution in [0.2, 0.25) is 5.02 Å². The zero-order valence-corrected chi connectivity index (χ0v) is 13.9. The van der Waals surface area contributed by atoms with E-state index in [1.807, 2.05) is 50.2 Å². The number of carbonyl (C=O) groups excluding carboxylic acids is 1. The number of halogens is 1. The second-order valence-corrected chi connectivity index (χ2v) is 5.64. The van der Waals surface area contributed by atoms with E-state index < -0.39 is 0 Å². The molecule has 1 amide bonds. The maximum atomic E-state index is 11.9. The Kier molecular flexibility index (Phi) is 6.18. The maximum Gasteiger partial charge on any atom is 0.261 e. The molecule has 23 heavy (non-hydrogen) atoms. The predicted octanol–water partition coefficient (Wildman–Crippen LogP) is 3.88. The van der Waals surface area contributed by atoms with Crippen LogP contribution >= 0.6 is 11.6 Å². The van der Waals surface area contributed by atoms with Crippen molar-refractivity contribution in [3.63, 3.8) is 0 Å². The number of benzene rings is 2. The van der Waals surface area contributed by atoms with Crippen LogP contribution in [0.15, 0.2) is 53.7 Å². The molecule has 0 aromatic heterocycles. The fraction of sp³-hybridized carbons (Fsp3) is 0.222. The molecule has 0 spiro atoms. The Hall–Kier alpha value is -2.33. The summed E-state index contributed by atoms with van der Waals surface area (Å²) in [6.45, 7) is 3.84. The molecule has 0 bridgehead atoms. The van der Waals surface area contributed by atoms with Crippen LogP contribution in [0.3, 0.4) is 0 Å². The summed E-state index contributed by atoms with van der Waals surface area (Å²) in [5.74, 6) is -0.214. The second-order valence-electron chi connectivity index (χ2n) is 5.21. The van der Waals surface area contributed by atoms with Crippen LogP contribution in [0.1, 0.15) is 29.7 Å². The average Bonchev–Trinajstić information content (AvgIpc) is 2.53. The van der Waals surface area contributed by atoms with Gasteiger partial charge in [0.15, 0.2) is 6.61 Å². The van der Waals surface area contributed by atoms with Crippen molar-refractivity contribution in [1.29, 1.82) is 0 Å². The lowest BCUT2D eigenvalue weighted by atomic mass is 10.0. The standard InChI is InChI=1S/C18H19ClN2O2/c1-13-5-3-4-6-17(13)14(2)21-18(22)12-23-20-11-15-7-9-16(19)10-8-15/h3-11,14H,12H2,1-2H3,(H,21,22)/b20-11+. The average molecular weight is 331 g/mol. The molecular formula is C18H19ClN2O2. The van der Waals surface area contributed by atoms with Gasteiger partial charge in [0.05, 0.1) is 12.3 Å². The summed E-state index contributed by atoms with van der Waals surface area (Å²) < 4.78 is 0. The zero-order chi connectivity index (χ0) is 16.7. The Morgan fingerprint density at radius 2 is 1.96 bits per heavy atom. The van der Waals surface area contributed by atoms with Crippen molar-refractivity contribution in [2.75, 3.05) is 6.61 Å². The monoisotopic (exact) mass is 330 g/mol. The Morgan fingerprint density at radius 3 is 2.65 bits per heavy atom. The smallest absolute Gasteiger partial charge is 0.261 e. The highest BCUT2D eigenvalue weighted by Crippen LogP contribution is 2.16. The highest BCUT2D eigenvalue weighted by molar-refractivity contribution is 6.30. The Morgan fingerprint density at radius 1 is 1.26 bits per heavy atom. The number of nitrogens with one attached hydrogen (secondary N) is 1. The van der Waals surface area contributed by atoms with Gasteiger partial charge in [-0.05, 0) is 42.7 Å². The van der Waals surface area contributed by atoms with Crippen molar-refractivity contribution < 1.29 is 9.63 Å². The Labute approximate surface area is 141 Å². The van der Waals surface area contributed by atoms with Gasteiger partial charge in [0.25, 0.3) is 5.91 Å². The van der Waals surface area contributed by atoms with E-state index in [0.29, 0.717) is 5.02 Å². The molecule has 1 atom stereocenters. The molecule has 0 aliphatic rings. The predicted molar refractivity (Wildman–Crippen MR) is 92.7 cm³/mol. The molecule has 120 valence electrons. The van der Waals surface area contributed by atoms with Crippen molar-refractivity contribution in [2.24, 2.45) is 5.16 Å². The van der Waals surface area contributed by atoms with Gasteiger partial charge in [-0.15, -0.1) is 0 Å². The van der Waals surface area contributed by atoms with E-state index in [2.05, 4.69) is 10.5 Å². The van der Waals surface area contributed by atoms with Crippen molar-refractivity contribution in [2.45, 2.75) is 19.9 Å². The third-order valence-electron chi connectivity index (χ3n) is 3.37. The summed E-state index contributed by atoms with van der Waals surface area (Å²) in [6.07, 6.45) is 1.54. The summed E-state index contributed by atoms with van der Waals surface area (Å²) in [5.41, 5.74) is 3.08. The molecule has 2 rings (SSSR count). The van der Waals surface area contributed by atoms with Gasteiger partial charge in [-0.2, -0.15) is 0 Å². The molecule has 0 heterocycles. The summed E-state index contributed by atoms with van der Waals surface area (Å²) in [4.78, 5) is 16.9. The number of rotatable bonds is 6. The normalized spacial score (nSPS) is 12.1. The maximum absolute atomic E-state index is 11.9. The molecule has 0 saturated heterocycles. The largest absolute Gasteiger partial charge is 0.386 e. The number of amides is 1. The van der Waals surface area contributed by atoms with Gasteiger partial charge >= 0.3 is 0 Å². The third-order valence-corrected chi connectivity index (χ3v) is 3.63. The van der Waals surface area contributed by atoms with Crippen LogP contribution in [0.4, 0.5) is 0 Å². The van der Waals surface area contributed by atoms with Gasteiger partial charge in [-0.25, -0.2) is 0 Å². The first kappa shape index (κ1) is 17.0. The topological polar surface area (TPSA) is 50.7 Å². The molecule has 5 heteroatoms. The SMILES string of the molecule is Cc1ccccc1C(C)NC(=O)CO/N=C/c1ccc(Cl)cc1. The number of aryl methyl sites for hydroxylation is 1. The van der Waals surface area contributed by atoms with E-state index in [0.717, 1.165) is 16.7 Å². The summed E-state index contributed by atoms with van der Waals surface area (Å²) in [6, 6.07) is 15.0. The van der Waals surface area contributed by atoms with E-state index >= 15 is 0 Å². The van der Waals surface area contributed by atoms with E-state index in [9.17, 15) is 4.79 Å². The van der Waals surface area contributed by atoms with Gasteiger partial charge in [0, 0.05) is 5.02 Å². The Balaban J connectivity index is 1.79. The van der Waals surface area contributed by atoms with E-state index in [1.165, 1.54) is 6.21 Å². The zero-order valence-electron chi connectivity index (χ0n) is 13.1. The lowest BCUT2D eigenvalue weighted by molar-refractivity contribution is -0.126. The molecule has 0 aliphatic carbocycles. The highest BCUT2D eigenvalue weighted by Gasteiger charge is 2.11. The van der Waals surface area contributed by atoms with Crippen molar-refractivity contribution >= 4 is 23.7 Å². The first-order valence-electron chi connectivity index (χ1n) is 7.32. The van der Waals surface area contributed by atoms with Crippen LogP contribution in [0.25, 0.3) is 0 Å². The van der Waals surface area contributed by atoms with Crippen molar-refractivity contribution in [3.05, 3.63) is 70.2 Å². The molecule has 1 unspecified atom stereocenters. The summed E-state index contributed by atoms with van der Waals surface area (Å²) >= 11 is 5.80. The van der Waals surface area contributed by atoms with Crippen LogP contribution in [0, 0.1) is 6.92 Å². The number of nitrogens with zero attached hydrogens (tertiary/aromatic N) is 1. The molecule has 2 aromatic rings. The molecular weight excluding hydrogens is 312 g/mol. The van der Waals surface area contributed by atoms with Crippen LogP contribution in [0.5, 0.6) is 0 Å². The van der Waals surface area contributed by atoms with Crippen LogP contribution in [-0.2, 0) is 9.63 Å². The van der Waals surface area contributed by atoms with Gasteiger partial charge < -0.3 is 10.2 Å². The van der Waals surface area contributed by atoms with Crippen molar-refractivity contribution in [3.8, 4) is 0 Å². The molecule has 0 radical (unpaired) electrons. The molecule has 1 N–H and O–H groups in total. The van der Waals surface area contributed by atoms with E-state index in [1.54, 1.807) is 12.1 Å². The minimum Gasteiger partial charge on any atom is -0.386 e.